The van der Waals surface area contributed by atoms with E-state index in [1.165, 1.54) is 6.07 Å². The van der Waals surface area contributed by atoms with Crippen LogP contribution in [0.4, 0.5) is 23.5 Å². The highest BCUT2D eigenvalue weighted by atomic mass is 32.2. The molecule has 0 atom stereocenters. The lowest BCUT2D eigenvalue weighted by Crippen LogP contribution is -2.28. The molecule has 18 heteroatoms. The molecule has 0 aliphatic carbocycles. The summed E-state index contributed by atoms with van der Waals surface area (Å²) in [5.74, 6) is -0.246. The molecule has 0 spiro atoms. The van der Waals surface area contributed by atoms with Gasteiger partial charge < -0.3 is 16.4 Å². The molecule has 0 radical (unpaired) electrons. The Bertz CT molecular complexity index is 1400. The van der Waals surface area contributed by atoms with Gasteiger partial charge in [0.15, 0.2) is 0 Å². The average molecular weight is 534 g/mol. The summed E-state index contributed by atoms with van der Waals surface area (Å²) in [7, 11) is -7.94. The van der Waals surface area contributed by atoms with Gasteiger partial charge in [0.05, 0.1) is 28.9 Å². The van der Waals surface area contributed by atoms with Gasteiger partial charge in [-0.15, -0.1) is 4.33 Å². The second-order valence-corrected chi connectivity index (χ2v) is 10.6. The van der Waals surface area contributed by atoms with Gasteiger partial charge in [0.25, 0.3) is 10.1 Å². The van der Waals surface area contributed by atoms with E-state index in [4.69, 9.17) is 11.0 Å². The minimum absolute atomic E-state index is 0.0205. The zero-order chi connectivity index (χ0) is 24.9. The lowest BCUT2D eigenvalue weighted by Gasteiger charge is -2.14. The molecule has 15 nitrogen and oxygen atoms in total. The molecule has 184 valence electrons. The Kier molecular flexibility index (Phi) is 8.05. The maximum Gasteiger partial charge on any atom is 0.294 e. The van der Waals surface area contributed by atoms with Gasteiger partial charge in [0.2, 0.25) is 27.9 Å². The van der Waals surface area contributed by atoms with Crippen molar-refractivity contribution in [1.82, 2.24) is 19.7 Å². The third kappa shape index (κ3) is 7.08. The number of nitrogen functional groups attached to an aromatic ring is 1. The van der Waals surface area contributed by atoms with Gasteiger partial charge in [-0.1, -0.05) is 17.2 Å². The van der Waals surface area contributed by atoms with Gasteiger partial charge in [-0.25, -0.2) is 18.4 Å². The number of hydrogen-bond acceptors (Lipinski definition) is 14. The smallest absolute Gasteiger partial charge is 0.294 e. The van der Waals surface area contributed by atoms with Gasteiger partial charge in [-0.05, 0) is 23.6 Å². The van der Waals surface area contributed by atoms with Crippen molar-refractivity contribution < 1.29 is 36.0 Å². The number of hydrogen-bond donors (Lipinski definition) is 6. The first-order valence-electron chi connectivity index (χ1n) is 9.12. The number of benzene rings is 2. The van der Waals surface area contributed by atoms with E-state index in [9.17, 15) is 21.4 Å². The van der Waals surface area contributed by atoms with Gasteiger partial charge >= 0.3 is 0 Å². The predicted molar refractivity (Wildman–Crippen MR) is 123 cm³/mol. The molecule has 2 aromatic carbocycles. The Labute approximate surface area is 198 Å². The van der Waals surface area contributed by atoms with Crippen LogP contribution in [0, 0.1) is 0 Å². The number of anilines is 4. The summed E-state index contributed by atoms with van der Waals surface area (Å²) in [5.41, 5.74) is 5.88. The highest BCUT2D eigenvalue weighted by Crippen LogP contribution is 2.37. The van der Waals surface area contributed by atoms with Crippen LogP contribution < -0.4 is 21.1 Å². The molecular formula is C16H19N7O8S3. The van der Waals surface area contributed by atoms with Crippen molar-refractivity contribution in [3.63, 3.8) is 0 Å². The molecule has 1 aromatic heterocycles. The predicted octanol–water partition coefficient (Wildman–Crippen LogP) is 0.987. The second-order valence-electron chi connectivity index (χ2n) is 6.59. The fourth-order valence-corrected chi connectivity index (χ4v) is 4.36. The number of rotatable bonds is 11. The standard InChI is InChI=1S/C16H19N7O8S3/c1-33(25,26)19-6-5-18-15-21-14(17)22-16(23-15)20-11-8-10(34(27,28)29)7-9-3-2-4-12(13(9)11)32-31-30-24/h2-4,7-8,19,24H,5-6H2,1H3,(H,27,28,29)(H4,17,18,20,21,22,23). The number of nitrogens with two attached hydrogens (primary N) is 1. The molecule has 0 amide bonds. The van der Waals surface area contributed by atoms with Crippen LogP contribution in [0.2, 0.25) is 0 Å². The molecule has 0 aliphatic heterocycles. The fraction of sp³-hybridized carbons (Fsp3) is 0.188. The summed E-state index contributed by atoms with van der Waals surface area (Å²) in [5, 5.41) is 18.5. The maximum absolute atomic E-state index is 11.8. The van der Waals surface area contributed by atoms with Crippen molar-refractivity contribution in [3.8, 4) is 0 Å². The number of fused-ring (bicyclic) bond motifs is 1. The first-order chi connectivity index (χ1) is 16.0. The van der Waals surface area contributed by atoms with Gasteiger partial charge in [-0.3, -0.25) is 4.55 Å². The quantitative estimate of drug-likeness (QED) is 0.0663. The minimum Gasteiger partial charge on any atom is -0.368 e. The van der Waals surface area contributed by atoms with Crippen LogP contribution in [-0.2, 0) is 29.5 Å². The molecule has 0 unspecified atom stereocenters. The highest BCUT2D eigenvalue weighted by Gasteiger charge is 2.18. The monoisotopic (exact) mass is 533 g/mol. The molecule has 0 bridgehead atoms. The summed E-state index contributed by atoms with van der Waals surface area (Å²) in [6, 6.07) is 7.17. The highest BCUT2D eigenvalue weighted by molar-refractivity contribution is 7.94. The number of nitrogens with zero attached hydrogens (tertiary/aromatic N) is 3. The molecule has 3 rings (SSSR count). The Balaban J connectivity index is 1.99. The van der Waals surface area contributed by atoms with E-state index in [0.29, 0.717) is 27.7 Å². The first kappa shape index (κ1) is 25.8. The largest absolute Gasteiger partial charge is 0.368 e. The number of sulfonamides is 1. The van der Waals surface area contributed by atoms with Gasteiger partial charge in [0.1, 0.15) is 0 Å². The first-order valence-corrected chi connectivity index (χ1v) is 13.2. The molecule has 34 heavy (non-hydrogen) atoms. The normalized spacial score (nSPS) is 12.1. The summed E-state index contributed by atoms with van der Waals surface area (Å²) in [4.78, 5) is 12.0. The topological polar surface area (TPSA) is 228 Å². The fourth-order valence-electron chi connectivity index (χ4n) is 2.79. The van der Waals surface area contributed by atoms with Gasteiger partial charge in [-0.2, -0.15) is 23.4 Å². The van der Waals surface area contributed by atoms with Crippen LogP contribution in [0.5, 0.6) is 0 Å². The van der Waals surface area contributed by atoms with E-state index < -0.39 is 25.0 Å². The summed E-state index contributed by atoms with van der Waals surface area (Å²) >= 11 is 0.639. The lowest BCUT2D eigenvalue weighted by molar-refractivity contribution is -0.432. The molecule has 7 N–H and O–H groups in total. The molecule has 0 saturated carbocycles. The summed E-state index contributed by atoms with van der Waals surface area (Å²) in [6.07, 6.45) is 1.02. The zero-order valence-corrected chi connectivity index (χ0v) is 19.7. The molecule has 3 aromatic rings. The molecular weight excluding hydrogens is 514 g/mol. The maximum atomic E-state index is 11.8. The Morgan fingerprint density at radius 1 is 1.09 bits per heavy atom. The summed E-state index contributed by atoms with van der Waals surface area (Å²) in [6.45, 7) is 0.193. The van der Waals surface area contributed by atoms with Gasteiger partial charge in [0, 0.05) is 23.4 Å². The molecule has 0 fully saturated rings. The molecule has 0 aliphatic rings. The van der Waals surface area contributed by atoms with Crippen LogP contribution in [-0.4, -0.2) is 60.9 Å². The minimum atomic E-state index is -4.57. The molecule has 0 saturated heterocycles. The van der Waals surface area contributed by atoms with Crippen molar-refractivity contribution in [2.75, 3.05) is 35.7 Å². The van der Waals surface area contributed by atoms with Crippen LogP contribution in [0.25, 0.3) is 10.8 Å². The van der Waals surface area contributed by atoms with E-state index in [-0.39, 0.29) is 36.6 Å². The SMILES string of the molecule is CS(=O)(=O)NCCNc1nc(N)nc(Nc2cc(S(=O)(=O)O)cc3cccc(SOOO)c23)n1. The third-order valence-corrected chi connectivity index (χ3v) is 6.24. The van der Waals surface area contributed by atoms with Crippen LogP contribution in [0.15, 0.2) is 40.1 Å². The lowest BCUT2D eigenvalue weighted by atomic mass is 10.1. The van der Waals surface area contributed by atoms with E-state index in [0.717, 1.165) is 12.3 Å². The van der Waals surface area contributed by atoms with Crippen molar-refractivity contribution >= 4 is 66.5 Å². The van der Waals surface area contributed by atoms with Crippen molar-refractivity contribution in [1.29, 1.82) is 0 Å². The van der Waals surface area contributed by atoms with E-state index in [2.05, 4.69) is 39.7 Å². The Hall–Kier alpha value is -2.84. The van der Waals surface area contributed by atoms with Crippen LogP contribution >= 0.6 is 12.0 Å². The Morgan fingerprint density at radius 2 is 1.82 bits per heavy atom. The molecule has 1 heterocycles. The van der Waals surface area contributed by atoms with E-state index >= 15 is 0 Å². The van der Waals surface area contributed by atoms with E-state index in [1.54, 1.807) is 18.2 Å². The van der Waals surface area contributed by atoms with Crippen LogP contribution in [0.1, 0.15) is 0 Å². The van der Waals surface area contributed by atoms with Crippen LogP contribution in [0.3, 0.4) is 0 Å². The third-order valence-electron chi connectivity index (χ3n) is 4.04. The Morgan fingerprint density at radius 3 is 2.50 bits per heavy atom. The summed E-state index contributed by atoms with van der Waals surface area (Å²) < 4.78 is 62.2. The van der Waals surface area contributed by atoms with Crippen molar-refractivity contribution in [3.05, 3.63) is 30.3 Å². The van der Waals surface area contributed by atoms with Crippen molar-refractivity contribution in [2.24, 2.45) is 0 Å². The second kappa shape index (κ2) is 10.6. The average Bonchev–Trinajstić information content (AvgIpc) is 2.73. The number of nitrogens with one attached hydrogen (secondary N) is 3. The van der Waals surface area contributed by atoms with Crippen molar-refractivity contribution in [2.45, 2.75) is 9.79 Å². The zero-order valence-electron chi connectivity index (χ0n) is 17.3. The number of aromatic nitrogens is 3. The van der Waals surface area contributed by atoms with E-state index in [1.807, 2.05) is 0 Å².